The van der Waals surface area contributed by atoms with Gasteiger partial charge in [0, 0.05) is 5.33 Å². The van der Waals surface area contributed by atoms with Crippen LogP contribution in [0.25, 0.3) is 0 Å². The zero-order chi connectivity index (χ0) is 11.2. The van der Waals surface area contributed by atoms with Crippen molar-refractivity contribution in [2.75, 3.05) is 5.33 Å². The van der Waals surface area contributed by atoms with Crippen molar-refractivity contribution < 1.29 is 0 Å². The number of alkyl halides is 1. The molecule has 0 saturated carbocycles. The molecule has 0 fully saturated rings. The number of rotatable bonds is 11. The molecule has 0 N–H and O–H groups in total. The van der Waals surface area contributed by atoms with Crippen LogP contribution in [0.3, 0.4) is 0 Å². The third-order valence-corrected chi connectivity index (χ3v) is 3.10. The summed E-state index contributed by atoms with van der Waals surface area (Å²) < 4.78 is 0. The summed E-state index contributed by atoms with van der Waals surface area (Å²) in [7, 11) is 0. The van der Waals surface area contributed by atoms with E-state index in [0.717, 1.165) is 5.33 Å². The zero-order valence-electron chi connectivity index (χ0n) is 10.3. The highest BCUT2D eigenvalue weighted by Crippen LogP contribution is 2.10. The van der Waals surface area contributed by atoms with Crippen molar-refractivity contribution in [3.8, 4) is 0 Å². The van der Waals surface area contributed by atoms with Gasteiger partial charge in [0.1, 0.15) is 0 Å². The first-order chi connectivity index (χ1) is 7.41. The monoisotopic (exact) mass is 274 g/mol. The molecule has 0 heterocycles. The van der Waals surface area contributed by atoms with E-state index in [1.807, 2.05) is 0 Å². The largest absolute Gasteiger partial charge is 0.0883 e. The fourth-order valence-electron chi connectivity index (χ4n) is 1.75. The molecular weight excluding hydrogens is 248 g/mol. The Balaban J connectivity index is 2.89. The zero-order valence-corrected chi connectivity index (χ0v) is 11.9. The number of halogens is 1. The molecular formula is C14H27Br. The molecule has 90 valence electrons. The first-order valence-electron chi connectivity index (χ1n) is 6.62. The van der Waals surface area contributed by atoms with Gasteiger partial charge in [-0.2, -0.15) is 0 Å². The van der Waals surface area contributed by atoms with Crippen LogP contribution in [0.4, 0.5) is 0 Å². The van der Waals surface area contributed by atoms with Gasteiger partial charge in [-0.3, -0.25) is 0 Å². The van der Waals surface area contributed by atoms with E-state index in [1.165, 1.54) is 64.2 Å². The van der Waals surface area contributed by atoms with E-state index in [4.69, 9.17) is 0 Å². The van der Waals surface area contributed by atoms with Crippen molar-refractivity contribution in [2.24, 2.45) is 0 Å². The average molecular weight is 275 g/mol. The summed E-state index contributed by atoms with van der Waals surface area (Å²) in [5, 5.41) is 1.00. The summed E-state index contributed by atoms with van der Waals surface area (Å²) >= 11 is 3.39. The summed E-state index contributed by atoms with van der Waals surface area (Å²) in [6.45, 7) is 2.28. The summed E-state index contributed by atoms with van der Waals surface area (Å²) in [6, 6.07) is 0. The molecule has 1 heteroatoms. The first-order valence-corrected chi connectivity index (χ1v) is 7.75. The summed E-state index contributed by atoms with van der Waals surface area (Å²) in [5.41, 5.74) is 0. The molecule has 0 nitrogen and oxygen atoms in total. The van der Waals surface area contributed by atoms with Crippen LogP contribution in [0.15, 0.2) is 12.2 Å². The van der Waals surface area contributed by atoms with Gasteiger partial charge in [0.15, 0.2) is 0 Å². The second-order valence-corrected chi connectivity index (χ2v) is 4.89. The predicted octanol–water partition coefficient (Wildman–Crippen LogP) is 5.86. The van der Waals surface area contributed by atoms with E-state index in [-0.39, 0.29) is 0 Å². The molecule has 0 aliphatic rings. The van der Waals surface area contributed by atoms with Crippen LogP contribution in [0.1, 0.15) is 71.1 Å². The van der Waals surface area contributed by atoms with Gasteiger partial charge in [-0.15, -0.1) is 0 Å². The molecule has 0 radical (unpaired) electrons. The third kappa shape index (κ3) is 14.2. The third-order valence-electron chi connectivity index (χ3n) is 2.73. The van der Waals surface area contributed by atoms with Crippen LogP contribution in [-0.4, -0.2) is 5.33 Å². The van der Waals surface area contributed by atoms with Crippen molar-refractivity contribution in [2.45, 2.75) is 71.1 Å². The van der Waals surface area contributed by atoms with E-state index >= 15 is 0 Å². The second kappa shape index (κ2) is 14.2. The highest BCUT2D eigenvalue weighted by molar-refractivity contribution is 9.09. The van der Waals surface area contributed by atoms with Crippen molar-refractivity contribution in [3.05, 3.63) is 12.2 Å². The quantitative estimate of drug-likeness (QED) is 0.252. The molecule has 0 aromatic heterocycles. The van der Waals surface area contributed by atoms with Gasteiger partial charge in [0.05, 0.1) is 0 Å². The lowest BCUT2D eigenvalue weighted by Gasteiger charge is -2.00. The van der Waals surface area contributed by atoms with E-state index in [0.29, 0.717) is 0 Å². The average Bonchev–Trinajstić information content (AvgIpc) is 2.26. The lowest BCUT2D eigenvalue weighted by atomic mass is 10.1. The number of hydrogen-bond donors (Lipinski definition) is 0. The lowest BCUT2D eigenvalue weighted by molar-refractivity contribution is 0.566. The topological polar surface area (TPSA) is 0 Å². The predicted molar refractivity (Wildman–Crippen MR) is 74.8 cm³/mol. The van der Waals surface area contributed by atoms with Crippen molar-refractivity contribution in [1.82, 2.24) is 0 Å². The molecule has 0 aromatic rings. The fourth-order valence-corrected chi connectivity index (χ4v) is 2.02. The van der Waals surface area contributed by atoms with E-state index in [9.17, 15) is 0 Å². The molecule has 0 spiro atoms. The second-order valence-electron chi connectivity index (χ2n) is 4.24. The van der Waals surface area contributed by atoms with Crippen molar-refractivity contribution >= 4 is 15.9 Å². The fraction of sp³-hybridized carbons (Fsp3) is 0.857. The van der Waals surface area contributed by atoms with Gasteiger partial charge in [-0.05, 0) is 12.8 Å². The van der Waals surface area contributed by atoms with Crippen LogP contribution in [0, 0.1) is 0 Å². The Morgan fingerprint density at radius 3 is 1.80 bits per heavy atom. The van der Waals surface area contributed by atoms with Crippen LogP contribution in [-0.2, 0) is 0 Å². The Morgan fingerprint density at radius 2 is 1.27 bits per heavy atom. The highest BCUT2D eigenvalue weighted by Gasteiger charge is 1.90. The Labute approximate surface area is 105 Å². The molecule has 0 saturated heterocycles. The number of unbranched alkanes of at least 4 members (excludes halogenated alkanes) is 9. The van der Waals surface area contributed by atoms with Crippen LogP contribution < -0.4 is 0 Å². The summed E-state index contributed by atoms with van der Waals surface area (Å²) in [6.07, 6.45) is 18.6. The maximum atomic E-state index is 3.39. The normalized spacial score (nSPS) is 11.3. The van der Waals surface area contributed by atoms with Crippen molar-refractivity contribution in [1.29, 1.82) is 0 Å². The van der Waals surface area contributed by atoms with Crippen molar-refractivity contribution in [3.63, 3.8) is 0 Å². The Morgan fingerprint density at radius 1 is 0.733 bits per heavy atom. The molecule has 0 aliphatic heterocycles. The minimum Gasteiger partial charge on any atom is -0.0883 e. The van der Waals surface area contributed by atoms with E-state index in [2.05, 4.69) is 35.0 Å². The minimum absolute atomic E-state index is 1.00. The lowest BCUT2D eigenvalue weighted by Crippen LogP contribution is -1.80. The van der Waals surface area contributed by atoms with Crippen LogP contribution >= 0.6 is 15.9 Å². The summed E-state index contributed by atoms with van der Waals surface area (Å²) in [5.74, 6) is 0. The first kappa shape index (κ1) is 15.2. The van der Waals surface area contributed by atoms with Gasteiger partial charge in [0.2, 0.25) is 0 Å². The molecule has 0 aromatic carbocycles. The minimum atomic E-state index is 1.00. The Hall–Kier alpha value is 0.220. The Bertz CT molecular complexity index is 129. The highest BCUT2D eigenvalue weighted by atomic mass is 79.9. The maximum absolute atomic E-state index is 3.39. The Kier molecular flexibility index (Phi) is 14.4. The standard InChI is InChI=1S/C14H27Br/c1-2-3-4-5-6-7-8-9-10-11-12-13-14-15/h12-13H,2-11,14H2,1H3. The van der Waals surface area contributed by atoms with Gasteiger partial charge in [-0.1, -0.05) is 86.4 Å². The maximum Gasteiger partial charge on any atom is 0.0212 e. The van der Waals surface area contributed by atoms with Crippen LogP contribution in [0.2, 0.25) is 0 Å². The van der Waals surface area contributed by atoms with Gasteiger partial charge < -0.3 is 0 Å². The van der Waals surface area contributed by atoms with E-state index < -0.39 is 0 Å². The molecule has 0 rings (SSSR count). The van der Waals surface area contributed by atoms with Gasteiger partial charge in [0.25, 0.3) is 0 Å². The van der Waals surface area contributed by atoms with Gasteiger partial charge in [-0.25, -0.2) is 0 Å². The summed E-state index contributed by atoms with van der Waals surface area (Å²) in [4.78, 5) is 0. The van der Waals surface area contributed by atoms with Crippen LogP contribution in [0.5, 0.6) is 0 Å². The smallest absolute Gasteiger partial charge is 0.0212 e. The number of hydrogen-bond acceptors (Lipinski definition) is 0. The van der Waals surface area contributed by atoms with Gasteiger partial charge >= 0.3 is 0 Å². The molecule has 0 amide bonds. The van der Waals surface area contributed by atoms with E-state index in [1.54, 1.807) is 0 Å². The molecule has 0 bridgehead atoms. The molecule has 0 atom stereocenters. The number of allylic oxidation sites excluding steroid dienone is 2. The molecule has 15 heavy (non-hydrogen) atoms. The molecule has 0 unspecified atom stereocenters. The molecule has 0 aliphatic carbocycles. The SMILES string of the molecule is CCCCCCCCCCCC=CCBr.